The minimum Gasteiger partial charge on any atom is -0.365 e. The summed E-state index contributed by atoms with van der Waals surface area (Å²) in [5.74, 6) is -0.722. The maximum atomic E-state index is 5.74. The molecule has 2 bridgehead atoms. The average molecular weight is 226 g/mol. The Morgan fingerprint density at radius 2 is 2.19 bits per heavy atom. The predicted octanol–water partition coefficient (Wildman–Crippen LogP) is 1.27. The monoisotopic (exact) mass is 226 g/mol. The van der Waals surface area contributed by atoms with Gasteiger partial charge in [0.2, 0.25) is 0 Å². The van der Waals surface area contributed by atoms with E-state index in [4.69, 9.17) is 18.9 Å². The summed E-state index contributed by atoms with van der Waals surface area (Å²) in [5.41, 5.74) is 0. The van der Waals surface area contributed by atoms with Crippen LogP contribution in [0.3, 0.4) is 0 Å². The van der Waals surface area contributed by atoms with Crippen molar-refractivity contribution < 1.29 is 18.9 Å². The highest BCUT2D eigenvalue weighted by atomic mass is 16.7. The number of hydrogen-bond donors (Lipinski definition) is 0. The molecule has 1 fully saturated rings. The van der Waals surface area contributed by atoms with Crippen molar-refractivity contribution in [3.05, 3.63) is 24.8 Å². The highest BCUT2D eigenvalue weighted by Gasteiger charge is 2.52. The molecule has 0 aromatic rings. The van der Waals surface area contributed by atoms with Gasteiger partial charge in [0.1, 0.15) is 12.2 Å². The fourth-order valence-corrected chi connectivity index (χ4v) is 2.34. The van der Waals surface area contributed by atoms with Gasteiger partial charge in [-0.25, -0.2) is 0 Å². The number of fused-ring (bicyclic) bond motifs is 2. The predicted molar refractivity (Wildman–Crippen MR) is 59.1 cm³/mol. The van der Waals surface area contributed by atoms with E-state index >= 15 is 0 Å². The van der Waals surface area contributed by atoms with Gasteiger partial charge in [-0.1, -0.05) is 18.2 Å². The molecule has 2 heterocycles. The van der Waals surface area contributed by atoms with Crippen LogP contribution in [0.5, 0.6) is 0 Å². The molecule has 0 amide bonds. The molecule has 0 N–H and O–H groups in total. The number of methoxy groups -OCH3 is 2. The Kier molecular flexibility index (Phi) is 3.44. The van der Waals surface area contributed by atoms with E-state index in [0.29, 0.717) is 13.0 Å². The Labute approximate surface area is 95.8 Å². The highest BCUT2D eigenvalue weighted by molar-refractivity contribution is 5.14. The maximum Gasteiger partial charge on any atom is 0.199 e. The van der Waals surface area contributed by atoms with Crippen molar-refractivity contribution in [1.29, 1.82) is 0 Å². The van der Waals surface area contributed by atoms with Gasteiger partial charge in [-0.2, -0.15) is 0 Å². The second-order valence-corrected chi connectivity index (χ2v) is 3.99. The first-order valence-corrected chi connectivity index (χ1v) is 5.42. The lowest BCUT2D eigenvalue weighted by Crippen LogP contribution is -2.58. The Balaban J connectivity index is 2.18. The largest absolute Gasteiger partial charge is 0.365 e. The minimum atomic E-state index is -0.722. The first kappa shape index (κ1) is 11.8. The van der Waals surface area contributed by atoms with Crippen LogP contribution in [0.2, 0.25) is 0 Å². The van der Waals surface area contributed by atoms with Gasteiger partial charge in [0.05, 0.1) is 12.7 Å². The van der Waals surface area contributed by atoms with Crippen LogP contribution in [0.4, 0.5) is 0 Å². The third-order valence-corrected chi connectivity index (χ3v) is 3.15. The van der Waals surface area contributed by atoms with Gasteiger partial charge < -0.3 is 18.9 Å². The van der Waals surface area contributed by atoms with Gasteiger partial charge in [0.15, 0.2) is 5.79 Å². The molecule has 0 spiro atoms. The molecule has 0 saturated carbocycles. The van der Waals surface area contributed by atoms with E-state index in [1.807, 2.05) is 12.2 Å². The minimum absolute atomic E-state index is 0.0634. The molecule has 16 heavy (non-hydrogen) atoms. The molecular formula is C12H18O4. The molecule has 2 aliphatic heterocycles. The van der Waals surface area contributed by atoms with Gasteiger partial charge >= 0.3 is 0 Å². The molecule has 2 aliphatic rings. The van der Waals surface area contributed by atoms with Crippen LogP contribution in [0.15, 0.2) is 24.8 Å². The van der Waals surface area contributed by atoms with Crippen LogP contribution in [-0.2, 0) is 18.9 Å². The normalized spacial score (nSPS) is 35.2. The topological polar surface area (TPSA) is 36.9 Å². The zero-order chi connectivity index (χ0) is 11.6. The van der Waals surface area contributed by atoms with Crippen molar-refractivity contribution in [2.45, 2.75) is 30.5 Å². The molecule has 4 nitrogen and oxygen atoms in total. The van der Waals surface area contributed by atoms with Crippen LogP contribution >= 0.6 is 0 Å². The molecule has 2 rings (SSSR count). The van der Waals surface area contributed by atoms with E-state index < -0.39 is 5.79 Å². The molecule has 3 atom stereocenters. The highest BCUT2D eigenvalue weighted by Crippen LogP contribution is 2.39. The summed E-state index contributed by atoms with van der Waals surface area (Å²) in [7, 11) is 3.27. The molecule has 0 aromatic carbocycles. The van der Waals surface area contributed by atoms with Crippen LogP contribution in [-0.4, -0.2) is 44.9 Å². The van der Waals surface area contributed by atoms with Gasteiger partial charge in [0.25, 0.3) is 0 Å². The van der Waals surface area contributed by atoms with Gasteiger partial charge in [-0.05, 0) is 0 Å². The van der Waals surface area contributed by atoms with Crippen LogP contribution < -0.4 is 0 Å². The first-order chi connectivity index (χ1) is 7.75. The fourth-order valence-electron chi connectivity index (χ4n) is 2.34. The molecule has 0 radical (unpaired) electrons. The van der Waals surface area contributed by atoms with Crippen molar-refractivity contribution in [2.75, 3.05) is 20.8 Å². The summed E-state index contributed by atoms with van der Waals surface area (Å²) in [4.78, 5) is 0. The SMILES string of the molecule is C=CCO[C@H]1[C@H]2C=C[C@@H](CC1(OC)OC)O2. The second kappa shape index (κ2) is 4.67. The van der Waals surface area contributed by atoms with Gasteiger partial charge in [0, 0.05) is 20.6 Å². The molecule has 4 heteroatoms. The zero-order valence-corrected chi connectivity index (χ0v) is 9.72. The van der Waals surface area contributed by atoms with Crippen LogP contribution in [0.25, 0.3) is 0 Å². The van der Waals surface area contributed by atoms with Crippen molar-refractivity contribution >= 4 is 0 Å². The Morgan fingerprint density at radius 1 is 1.44 bits per heavy atom. The molecule has 90 valence electrons. The number of ether oxygens (including phenoxy) is 4. The van der Waals surface area contributed by atoms with Gasteiger partial charge in [-0.15, -0.1) is 6.58 Å². The smallest absolute Gasteiger partial charge is 0.199 e. The van der Waals surface area contributed by atoms with E-state index in [1.54, 1.807) is 20.3 Å². The van der Waals surface area contributed by atoms with E-state index in [9.17, 15) is 0 Å². The van der Waals surface area contributed by atoms with E-state index in [0.717, 1.165) is 0 Å². The summed E-state index contributed by atoms with van der Waals surface area (Å²) in [6.45, 7) is 4.10. The van der Waals surface area contributed by atoms with E-state index in [-0.39, 0.29) is 18.3 Å². The Bertz CT molecular complexity index is 283. The molecule has 0 aliphatic carbocycles. The van der Waals surface area contributed by atoms with E-state index in [2.05, 4.69) is 6.58 Å². The van der Waals surface area contributed by atoms with Crippen LogP contribution in [0, 0.1) is 0 Å². The van der Waals surface area contributed by atoms with Crippen molar-refractivity contribution in [2.24, 2.45) is 0 Å². The molecule has 0 unspecified atom stereocenters. The lowest BCUT2D eigenvalue weighted by Gasteiger charge is -2.44. The molecule has 0 aromatic heterocycles. The lowest BCUT2D eigenvalue weighted by molar-refractivity contribution is -0.316. The summed E-state index contributed by atoms with van der Waals surface area (Å²) in [6, 6.07) is 0. The lowest BCUT2D eigenvalue weighted by atomic mass is 9.97. The third kappa shape index (κ3) is 1.82. The maximum absolute atomic E-state index is 5.74. The van der Waals surface area contributed by atoms with Crippen molar-refractivity contribution in [1.82, 2.24) is 0 Å². The Morgan fingerprint density at radius 3 is 2.81 bits per heavy atom. The number of hydrogen-bond acceptors (Lipinski definition) is 4. The molecular weight excluding hydrogens is 208 g/mol. The van der Waals surface area contributed by atoms with Gasteiger partial charge in [-0.3, -0.25) is 0 Å². The molecule has 1 saturated heterocycles. The third-order valence-electron chi connectivity index (χ3n) is 3.15. The summed E-state index contributed by atoms with van der Waals surface area (Å²) in [5, 5.41) is 0. The number of rotatable bonds is 5. The standard InChI is InChI=1S/C12H18O4/c1-4-7-15-11-10-6-5-9(16-10)8-12(11,13-2)14-3/h4-6,9-11H,1,7-8H2,2-3H3/t9-,10+,11-/m0/s1. The fraction of sp³-hybridized carbons (Fsp3) is 0.667. The second-order valence-electron chi connectivity index (χ2n) is 3.99. The zero-order valence-electron chi connectivity index (χ0n) is 9.72. The average Bonchev–Trinajstić information content (AvgIpc) is 2.71. The summed E-state index contributed by atoms with van der Waals surface area (Å²) in [6.07, 6.45) is 6.12. The first-order valence-electron chi connectivity index (χ1n) is 5.42. The van der Waals surface area contributed by atoms with E-state index in [1.165, 1.54) is 0 Å². The quantitative estimate of drug-likeness (QED) is 0.522. The van der Waals surface area contributed by atoms with Crippen molar-refractivity contribution in [3.8, 4) is 0 Å². The summed E-state index contributed by atoms with van der Waals surface area (Å²) < 4.78 is 22.5. The van der Waals surface area contributed by atoms with Crippen LogP contribution in [0.1, 0.15) is 6.42 Å². The summed E-state index contributed by atoms with van der Waals surface area (Å²) >= 11 is 0. The van der Waals surface area contributed by atoms with Crippen molar-refractivity contribution in [3.63, 3.8) is 0 Å². The Hall–Kier alpha value is -0.680.